The first-order chi connectivity index (χ1) is 11.7. The third-order valence-corrected chi connectivity index (χ3v) is 4.33. The predicted molar refractivity (Wildman–Crippen MR) is 90.5 cm³/mol. The molecule has 1 amide bonds. The summed E-state index contributed by atoms with van der Waals surface area (Å²) in [6, 6.07) is 10.6. The number of phenols is 1. The normalized spacial score (nSPS) is 10.5. The van der Waals surface area contributed by atoms with E-state index in [4.69, 9.17) is 9.26 Å². The topological polar surface area (TPSA) is 84.6 Å². The number of thiophene rings is 1. The van der Waals surface area contributed by atoms with Crippen LogP contribution in [0.2, 0.25) is 0 Å². The summed E-state index contributed by atoms with van der Waals surface area (Å²) in [5.74, 6) is 0.791. The molecule has 3 rings (SSSR count). The standard InChI is InChI=1S/C17H16N2O4S/c1-22-14-5-4-11(9-13(14)20)6-7-18-17(21)12-10-15(23-19-12)16-3-2-8-24-16/h2-5,8-10,20H,6-7H2,1H3,(H,18,21). The molecule has 0 aliphatic rings. The molecule has 0 aliphatic heterocycles. The maximum atomic E-state index is 12.1. The number of rotatable bonds is 6. The number of methoxy groups -OCH3 is 1. The Kier molecular flexibility index (Phi) is 4.81. The molecular weight excluding hydrogens is 328 g/mol. The van der Waals surface area contributed by atoms with E-state index in [0.29, 0.717) is 24.5 Å². The highest BCUT2D eigenvalue weighted by Crippen LogP contribution is 2.26. The summed E-state index contributed by atoms with van der Waals surface area (Å²) in [5.41, 5.74) is 1.14. The third-order valence-electron chi connectivity index (χ3n) is 3.45. The lowest BCUT2D eigenvalue weighted by Crippen LogP contribution is -2.25. The summed E-state index contributed by atoms with van der Waals surface area (Å²) in [4.78, 5) is 13.0. The molecule has 0 bridgehead atoms. The van der Waals surface area contributed by atoms with Gasteiger partial charge in [-0.3, -0.25) is 4.79 Å². The van der Waals surface area contributed by atoms with Crippen molar-refractivity contribution in [3.05, 3.63) is 53.0 Å². The second-order valence-electron chi connectivity index (χ2n) is 5.07. The van der Waals surface area contributed by atoms with Crippen molar-refractivity contribution in [2.75, 3.05) is 13.7 Å². The molecule has 2 heterocycles. The van der Waals surface area contributed by atoms with Crippen molar-refractivity contribution in [2.24, 2.45) is 0 Å². The van der Waals surface area contributed by atoms with Gasteiger partial charge in [0, 0.05) is 12.6 Å². The molecule has 0 spiro atoms. The molecule has 0 unspecified atom stereocenters. The first-order valence-corrected chi connectivity index (χ1v) is 8.20. The number of hydrogen-bond donors (Lipinski definition) is 2. The number of amides is 1. The lowest BCUT2D eigenvalue weighted by Gasteiger charge is -2.06. The summed E-state index contributed by atoms with van der Waals surface area (Å²) >= 11 is 1.52. The van der Waals surface area contributed by atoms with Crippen molar-refractivity contribution in [1.82, 2.24) is 10.5 Å². The van der Waals surface area contributed by atoms with Gasteiger partial charge in [0.2, 0.25) is 0 Å². The summed E-state index contributed by atoms with van der Waals surface area (Å²) in [5, 5.41) is 18.3. The van der Waals surface area contributed by atoms with Crippen LogP contribution in [0.15, 0.2) is 46.3 Å². The van der Waals surface area contributed by atoms with Crippen molar-refractivity contribution in [2.45, 2.75) is 6.42 Å². The molecule has 0 fully saturated rings. The van der Waals surface area contributed by atoms with Gasteiger partial charge in [0.1, 0.15) is 0 Å². The summed E-state index contributed by atoms with van der Waals surface area (Å²) in [6.45, 7) is 0.422. The minimum atomic E-state index is -0.292. The fourth-order valence-corrected chi connectivity index (χ4v) is 2.89. The Morgan fingerprint density at radius 1 is 1.38 bits per heavy atom. The van der Waals surface area contributed by atoms with E-state index in [9.17, 15) is 9.90 Å². The van der Waals surface area contributed by atoms with Gasteiger partial charge in [-0.05, 0) is 35.6 Å². The van der Waals surface area contributed by atoms with E-state index in [2.05, 4.69) is 10.5 Å². The Morgan fingerprint density at radius 2 is 2.25 bits per heavy atom. The summed E-state index contributed by atoms with van der Waals surface area (Å²) in [6.07, 6.45) is 0.582. The average molecular weight is 344 g/mol. The maximum absolute atomic E-state index is 12.1. The Labute approximate surface area is 142 Å². The SMILES string of the molecule is COc1ccc(CCNC(=O)c2cc(-c3cccs3)on2)cc1O. The van der Waals surface area contributed by atoms with Gasteiger partial charge in [-0.2, -0.15) is 0 Å². The Hall–Kier alpha value is -2.80. The fourth-order valence-electron chi connectivity index (χ4n) is 2.22. The number of hydrogen-bond acceptors (Lipinski definition) is 6. The van der Waals surface area contributed by atoms with Gasteiger partial charge < -0.3 is 19.7 Å². The van der Waals surface area contributed by atoms with Gasteiger partial charge in [-0.25, -0.2) is 0 Å². The van der Waals surface area contributed by atoms with E-state index >= 15 is 0 Å². The van der Waals surface area contributed by atoms with Crippen LogP contribution in [0, 0.1) is 0 Å². The molecule has 6 nitrogen and oxygen atoms in total. The second-order valence-corrected chi connectivity index (χ2v) is 6.01. The van der Waals surface area contributed by atoms with Crippen LogP contribution >= 0.6 is 11.3 Å². The fraction of sp³-hybridized carbons (Fsp3) is 0.176. The lowest BCUT2D eigenvalue weighted by molar-refractivity contribution is 0.0945. The number of carbonyl (C=O) groups excluding carboxylic acids is 1. The van der Waals surface area contributed by atoms with E-state index in [1.807, 2.05) is 23.6 Å². The smallest absolute Gasteiger partial charge is 0.273 e. The number of nitrogens with zero attached hydrogens (tertiary/aromatic N) is 1. The molecule has 3 aromatic rings. The summed E-state index contributed by atoms with van der Waals surface area (Å²) in [7, 11) is 1.50. The molecule has 0 saturated heterocycles. The van der Waals surface area contributed by atoms with Crippen molar-refractivity contribution < 1.29 is 19.2 Å². The Balaban J connectivity index is 1.55. The van der Waals surface area contributed by atoms with Crippen molar-refractivity contribution in [3.63, 3.8) is 0 Å². The number of phenolic OH excluding ortho intramolecular Hbond substituents is 1. The van der Waals surface area contributed by atoms with Crippen LogP contribution in [0.3, 0.4) is 0 Å². The number of ether oxygens (including phenoxy) is 1. The molecule has 0 saturated carbocycles. The van der Waals surface area contributed by atoms with Gasteiger partial charge in [-0.15, -0.1) is 11.3 Å². The number of nitrogens with one attached hydrogen (secondary N) is 1. The third kappa shape index (κ3) is 3.57. The average Bonchev–Trinajstić information content (AvgIpc) is 3.26. The number of aromatic hydroxyl groups is 1. The maximum Gasteiger partial charge on any atom is 0.273 e. The number of benzene rings is 1. The van der Waals surface area contributed by atoms with Gasteiger partial charge in [-0.1, -0.05) is 17.3 Å². The van der Waals surface area contributed by atoms with Gasteiger partial charge in [0.05, 0.1) is 12.0 Å². The molecule has 0 aliphatic carbocycles. The van der Waals surface area contributed by atoms with Crippen LogP contribution in [0.4, 0.5) is 0 Å². The van der Waals surface area contributed by atoms with E-state index < -0.39 is 0 Å². The van der Waals surface area contributed by atoms with E-state index in [0.717, 1.165) is 10.4 Å². The molecule has 0 radical (unpaired) electrons. The Bertz CT molecular complexity index is 827. The first kappa shape index (κ1) is 16.1. The van der Waals surface area contributed by atoms with Crippen molar-refractivity contribution in [3.8, 4) is 22.1 Å². The van der Waals surface area contributed by atoms with Crippen molar-refractivity contribution in [1.29, 1.82) is 0 Å². The quantitative estimate of drug-likeness (QED) is 0.718. The van der Waals surface area contributed by atoms with Crippen LogP contribution < -0.4 is 10.1 Å². The molecule has 124 valence electrons. The first-order valence-electron chi connectivity index (χ1n) is 7.32. The van der Waals surface area contributed by atoms with Crippen LogP contribution in [-0.2, 0) is 6.42 Å². The van der Waals surface area contributed by atoms with E-state index in [1.54, 1.807) is 18.2 Å². The predicted octanol–water partition coefficient (Wildman–Crippen LogP) is 3.09. The zero-order valence-corrected chi connectivity index (χ0v) is 13.8. The molecule has 2 aromatic heterocycles. The monoisotopic (exact) mass is 344 g/mol. The van der Waals surface area contributed by atoms with Crippen LogP contribution in [0.5, 0.6) is 11.5 Å². The van der Waals surface area contributed by atoms with Crippen molar-refractivity contribution >= 4 is 17.2 Å². The molecule has 1 aromatic carbocycles. The summed E-state index contributed by atoms with van der Waals surface area (Å²) < 4.78 is 10.2. The number of carbonyl (C=O) groups is 1. The van der Waals surface area contributed by atoms with Gasteiger partial charge >= 0.3 is 0 Å². The minimum absolute atomic E-state index is 0.0819. The zero-order chi connectivity index (χ0) is 16.9. The highest BCUT2D eigenvalue weighted by Gasteiger charge is 2.14. The molecule has 0 atom stereocenters. The molecule has 24 heavy (non-hydrogen) atoms. The largest absolute Gasteiger partial charge is 0.504 e. The van der Waals surface area contributed by atoms with Gasteiger partial charge in [0.15, 0.2) is 23.0 Å². The zero-order valence-electron chi connectivity index (χ0n) is 13.0. The lowest BCUT2D eigenvalue weighted by atomic mass is 10.1. The molecule has 7 heteroatoms. The Morgan fingerprint density at radius 3 is 2.96 bits per heavy atom. The van der Waals surface area contributed by atoms with Crippen LogP contribution in [0.1, 0.15) is 16.1 Å². The van der Waals surface area contributed by atoms with Crippen LogP contribution in [-0.4, -0.2) is 29.8 Å². The van der Waals surface area contributed by atoms with Crippen LogP contribution in [0.25, 0.3) is 10.6 Å². The number of aromatic nitrogens is 1. The highest BCUT2D eigenvalue weighted by atomic mass is 32.1. The molecular formula is C17H16N2O4S. The highest BCUT2D eigenvalue weighted by molar-refractivity contribution is 7.13. The minimum Gasteiger partial charge on any atom is -0.504 e. The van der Waals surface area contributed by atoms with E-state index in [1.165, 1.54) is 18.4 Å². The molecule has 2 N–H and O–H groups in total. The van der Waals surface area contributed by atoms with Gasteiger partial charge in [0.25, 0.3) is 5.91 Å². The second kappa shape index (κ2) is 7.18. The van der Waals surface area contributed by atoms with E-state index in [-0.39, 0.29) is 17.4 Å².